The van der Waals surface area contributed by atoms with Crippen molar-refractivity contribution >= 4 is 37.3 Å². The molecule has 0 unspecified atom stereocenters. The van der Waals surface area contributed by atoms with Crippen LogP contribution in [0.3, 0.4) is 0 Å². The maximum atomic E-state index is 14.5. The van der Waals surface area contributed by atoms with Gasteiger partial charge in [-0.25, -0.2) is 26.0 Å². The highest BCUT2D eigenvalue weighted by molar-refractivity contribution is 7.93. The molecule has 2 N–H and O–H groups in total. The number of hydrogen-bond acceptors (Lipinski definition) is 6. The van der Waals surface area contributed by atoms with Crippen molar-refractivity contribution in [1.82, 2.24) is 15.5 Å². The predicted molar refractivity (Wildman–Crippen MR) is 102 cm³/mol. The number of carbonyl (C=O) groups is 1. The molecular weight excluding hydrogens is 433 g/mol. The van der Waals surface area contributed by atoms with Gasteiger partial charge in [0.15, 0.2) is 20.5 Å². The molecule has 0 saturated carbocycles. The van der Waals surface area contributed by atoms with E-state index in [0.717, 1.165) is 6.07 Å². The highest BCUT2D eigenvalue weighted by Gasteiger charge is 2.49. The van der Waals surface area contributed by atoms with Crippen LogP contribution in [-0.2, 0) is 19.7 Å². The van der Waals surface area contributed by atoms with Gasteiger partial charge in [-0.05, 0) is 31.5 Å². The minimum Gasteiger partial charge on any atom is -0.323 e. The van der Waals surface area contributed by atoms with Gasteiger partial charge in [0, 0.05) is 19.6 Å². The van der Waals surface area contributed by atoms with E-state index in [9.17, 15) is 26.0 Å². The fourth-order valence-electron chi connectivity index (χ4n) is 3.37. The highest BCUT2D eigenvalue weighted by atomic mass is 35.5. The number of amides is 2. The SMILES string of the molecule is O=C(N[C@]1(S(=O)(=O)c2cccc(Cl)c2F)CCCNC1)N1CCS(=O)(=O)CC1. The van der Waals surface area contributed by atoms with Crippen molar-refractivity contribution in [2.45, 2.75) is 22.6 Å². The fraction of sp³-hybridized carbons (Fsp3) is 0.562. The Morgan fingerprint density at radius 2 is 1.96 bits per heavy atom. The van der Waals surface area contributed by atoms with Crippen LogP contribution < -0.4 is 10.6 Å². The quantitative estimate of drug-likeness (QED) is 0.699. The Balaban J connectivity index is 1.92. The van der Waals surface area contributed by atoms with Crippen molar-refractivity contribution in [2.75, 3.05) is 37.7 Å². The van der Waals surface area contributed by atoms with Crippen molar-refractivity contribution in [1.29, 1.82) is 0 Å². The smallest absolute Gasteiger partial charge is 0.318 e. The lowest BCUT2D eigenvalue weighted by atomic mass is 10.1. The molecule has 1 aromatic carbocycles. The zero-order chi connectivity index (χ0) is 20.6. The van der Waals surface area contributed by atoms with E-state index in [4.69, 9.17) is 11.6 Å². The van der Waals surface area contributed by atoms with Gasteiger partial charge in [0.25, 0.3) is 0 Å². The van der Waals surface area contributed by atoms with Gasteiger partial charge in [-0.2, -0.15) is 0 Å². The number of rotatable bonds is 3. The molecule has 1 aromatic rings. The second-order valence-corrected chi connectivity index (χ2v) is 11.8. The summed E-state index contributed by atoms with van der Waals surface area (Å²) in [4.78, 5) is 11.6. The lowest BCUT2D eigenvalue weighted by molar-refractivity contribution is 0.190. The molecule has 0 bridgehead atoms. The molecule has 1 atom stereocenters. The van der Waals surface area contributed by atoms with Gasteiger partial charge >= 0.3 is 6.03 Å². The molecular formula is C16H21ClFN3O5S2. The maximum Gasteiger partial charge on any atom is 0.318 e. The third-order valence-electron chi connectivity index (χ3n) is 5.03. The van der Waals surface area contributed by atoms with E-state index in [1.165, 1.54) is 17.0 Å². The van der Waals surface area contributed by atoms with E-state index in [1.807, 2.05) is 0 Å². The Bertz CT molecular complexity index is 964. The second-order valence-electron chi connectivity index (χ2n) is 6.90. The fourth-order valence-corrected chi connectivity index (χ4v) is 6.76. The zero-order valence-corrected chi connectivity index (χ0v) is 17.3. The lowest BCUT2D eigenvalue weighted by Crippen LogP contribution is -2.65. The number of carbonyl (C=O) groups excluding carboxylic acids is 1. The molecule has 8 nitrogen and oxygen atoms in total. The first-order valence-electron chi connectivity index (χ1n) is 8.75. The molecule has 2 fully saturated rings. The van der Waals surface area contributed by atoms with Gasteiger partial charge in [0.1, 0.15) is 4.90 Å². The molecule has 0 radical (unpaired) electrons. The van der Waals surface area contributed by atoms with E-state index in [1.54, 1.807) is 0 Å². The Kier molecular flexibility index (Phi) is 5.91. The molecule has 2 aliphatic rings. The standard InChI is InChI=1S/C16H21ClFN3O5S2/c17-12-3-1-4-13(14(12)18)28(25,26)16(5-2-6-19-11-16)20-15(22)21-7-9-27(23,24)10-8-21/h1,3-4,19H,2,5-11H2,(H,20,22)/t16-/m0/s1. The zero-order valence-electron chi connectivity index (χ0n) is 14.9. The number of piperidine rings is 1. The number of halogens is 2. The van der Waals surface area contributed by atoms with Gasteiger partial charge in [-0.15, -0.1) is 0 Å². The Morgan fingerprint density at radius 3 is 2.57 bits per heavy atom. The first kappa shape index (κ1) is 21.3. The molecule has 0 aliphatic carbocycles. The van der Waals surface area contributed by atoms with E-state index in [0.29, 0.717) is 13.0 Å². The van der Waals surface area contributed by atoms with Crippen molar-refractivity contribution in [2.24, 2.45) is 0 Å². The van der Waals surface area contributed by atoms with E-state index in [-0.39, 0.29) is 42.6 Å². The number of sulfone groups is 2. The molecule has 0 aromatic heterocycles. The largest absolute Gasteiger partial charge is 0.323 e. The Labute approximate surface area is 168 Å². The van der Waals surface area contributed by atoms with Crippen LogP contribution in [0.25, 0.3) is 0 Å². The number of urea groups is 1. The summed E-state index contributed by atoms with van der Waals surface area (Å²) in [6.07, 6.45) is 0.544. The van der Waals surface area contributed by atoms with Gasteiger partial charge in [0.2, 0.25) is 9.84 Å². The summed E-state index contributed by atoms with van der Waals surface area (Å²) in [5, 5.41) is 5.16. The van der Waals surface area contributed by atoms with Crippen LogP contribution in [0.2, 0.25) is 5.02 Å². The van der Waals surface area contributed by atoms with Crippen LogP contribution in [0, 0.1) is 5.82 Å². The summed E-state index contributed by atoms with van der Waals surface area (Å²) in [7, 11) is -7.53. The number of nitrogens with one attached hydrogen (secondary N) is 2. The number of hydrogen-bond donors (Lipinski definition) is 2. The highest BCUT2D eigenvalue weighted by Crippen LogP contribution is 2.33. The summed E-state index contributed by atoms with van der Waals surface area (Å²) in [6.45, 7) is 0.415. The van der Waals surface area contributed by atoms with Gasteiger partial charge in [0.05, 0.1) is 16.5 Å². The molecule has 0 spiro atoms. The third kappa shape index (κ3) is 3.98. The first-order valence-corrected chi connectivity index (χ1v) is 12.4. The molecule has 3 rings (SSSR count). The van der Waals surface area contributed by atoms with Crippen molar-refractivity contribution in [3.63, 3.8) is 0 Å². The number of nitrogens with zero attached hydrogens (tertiary/aromatic N) is 1. The van der Waals surface area contributed by atoms with Crippen LogP contribution in [0.1, 0.15) is 12.8 Å². The maximum absolute atomic E-state index is 14.5. The van der Waals surface area contributed by atoms with Crippen molar-refractivity contribution in [3.8, 4) is 0 Å². The molecule has 28 heavy (non-hydrogen) atoms. The third-order valence-corrected chi connectivity index (χ3v) is 9.31. The topological polar surface area (TPSA) is 113 Å². The summed E-state index contributed by atoms with van der Waals surface area (Å²) < 4.78 is 64.3. The van der Waals surface area contributed by atoms with Crippen molar-refractivity contribution < 1.29 is 26.0 Å². The molecule has 2 aliphatic heterocycles. The van der Waals surface area contributed by atoms with Crippen LogP contribution in [0.5, 0.6) is 0 Å². The predicted octanol–water partition coefficient (Wildman–Crippen LogP) is 0.773. The lowest BCUT2D eigenvalue weighted by Gasteiger charge is -2.39. The van der Waals surface area contributed by atoms with Gasteiger partial charge in [-0.3, -0.25) is 0 Å². The van der Waals surface area contributed by atoms with Crippen LogP contribution in [0.4, 0.5) is 9.18 Å². The van der Waals surface area contributed by atoms with E-state index in [2.05, 4.69) is 10.6 Å². The average molecular weight is 454 g/mol. The summed E-state index contributed by atoms with van der Waals surface area (Å²) >= 11 is 5.75. The minimum absolute atomic E-state index is 0.0246. The van der Waals surface area contributed by atoms with Gasteiger partial charge < -0.3 is 15.5 Å². The minimum atomic E-state index is -4.33. The molecule has 12 heteroatoms. The monoisotopic (exact) mass is 453 g/mol. The van der Waals surface area contributed by atoms with Crippen molar-refractivity contribution in [3.05, 3.63) is 29.0 Å². The molecule has 2 heterocycles. The van der Waals surface area contributed by atoms with E-state index < -0.39 is 41.3 Å². The molecule has 2 saturated heterocycles. The number of benzene rings is 1. The van der Waals surface area contributed by atoms with Crippen LogP contribution >= 0.6 is 11.6 Å². The van der Waals surface area contributed by atoms with Gasteiger partial charge in [-0.1, -0.05) is 17.7 Å². The van der Waals surface area contributed by atoms with E-state index >= 15 is 0 Å². The molecule has 156 valence electrons. The molecule has 2 amide bonds. The van der Waals surface area contributed by atoms with Crippen LogP contribution in [-0.4, -0.2) is 70.3 Å². The Hall–Kier alpha value is -1.43. The summed E-state index contributed by atoms with van der Waals surface area (Å²) in [6, 6.07) is 3.00. The first-order chi connectivity index (χ1) is 13.1. The average Bonchev–Trinajstić information content (AvgIpc) is 2.64. The summed E-state index contributed by atoms with van der Waals surface area (Å²) in [5.41, 5.74) is 0. The Morgan fingerprint density at radius 1 is 1.29 bits per heavy atom. The summed E-state index contributed by atoms with van der Waals surface area (Å²) in [5.74, 6) is -1.42. The van der Waals surface area contributed by atoms with Crippen LogP contribution in [0.15, 0.2) is 23.1 Å². The second kappa shape index (κ2) is 7.77. The normalized spacial score (nSPS) is 25.3.